The fourth-order valence-corrected chi connectivity index (χ4v) is 4.61. The van der Waals surface area contributed by atoms with E-state index in [0.717, 1.165) is 16.0 Å². The van der Waals surface area contributed by atoms with Crippen LogP contribution < -0.4 is 4.90 Å². The number of ketones is 1. The Morgan fingerprint density at radius 2 is 1.83 bits per heavy atom. The minimum absolute atomic E-state index is 0.262. The van der Waals surface area contributed by atoms with Gasteiger partial charge in [-0.15, -0.1) is 11.3 Å². The predicted molar refractivity (Wildman–Crippen MR) is 116 cm³/mol. The molecule has 0 saturated carbocycles. The molecular weight excluding hydrogens is 406 g/mol. The standard InChI is InChI=1S/C23H20ClNO3S/c1-14-3-6-16(7-4-14)13-25-19-9-8-17(24)11-18(19)23(28,22(25)27)12-20(26)21-10-5-15(2)29-21/h3-11,28H,12-13H2,1-2H3. The van der Waals surface area contributed by atoms with Crippen LogP contribution in [-0.4, -0.2) is 16.8 Å². The maximum absolute atomic E-state index is 13.3. The van der Waals surface area contributed by atoms with E-state index in [9.17, 15) is 14.7 Å². The van der Waals surface area contributed by atoms with Crippen molar-refractivity contribution >= 4 is 40.3 Å². The molecule has 1 aliphatic rings. The summed E-state index contributed by atoms with van der Waals surface area (Å²) in [5, 5.41) is 11.8. The average Bonchev–Trinajstić information content (AvgIpc) is 3.20. The summed E-state index contributed by atoms with van der Waals surface area (Å²) in [4.78, 5) is 29.2. The number of Topliss-reactive ketones (excluding diaryl/α,β-unsaturated/α-hetero) is 1. The number of carbonyl (C=O) groups is 2. The maximum Gasteiger partial charge on any atom is 0.264 e. The zero-order chi connectivity index (χ0) is 20.8. The molecule has 0 radical (unpaired) electrons. The number of benzene rings is 2. The van der Waals surface area contributed by atoms with Gasteiger partial charge < -0.3 is 10.0 Å². The van der Waals surface area contributed by atoms with Gasteiger partial charge in [0, 0.05) is 15.5 Å². The Morgan fingerprint density at radius 1 is 1.10 bits per heavy atom. The van der Waals surface area contributed by atoms with Crippen LogP contribution in [-0.2, 0) is 16.9 Å². The fourth-order valence-electron chi connectivity index (χ4n) is 3.63. The zero-order valence-corrected chi connectivity index (χ0v) is 17.7. The van der Waals surface area contributed by atoms with Gasteiger partial charge in [-0.2, -0.15) is 0 Å². The second kappa shape index (κ2) is 7.41. The van der Waals surface area contributed by atoms with Gasteiger partial charge in [-0.05, 0) is 49.7 Å². The highest BCUT2D eigenvalue weighted by molar-refractivity contribution is 7.14. The van der Waals surface area contributed by atoms with E-state index in [0.29, 0.717) is 27.7 Å². The van der Waals surface area contributed by atoms with Crippen LogP contribution in [0.5, 0.6) is 0 Å². The number of amides is 1. The van der Waals surface area contributed by atoms with Crippen LogP contribution in [0.3, 0.4) is 0 Å². The number of rotatable bonds is 5. The highest BCUT2D eigenvalue weighted by atomic mass is 35.5. The number of thiophene rings is 1. The summed E-state index contributed by atoms with van der Waals surface area (Å²) in [6.45, 7) is 4.22. The summed E-state index contributed by atoms with van der Waals surface area (Å²) in [5.41, 5.74) is 1.10. The van der Waals surface area contributed by atoms with Crippen molar-refractivity contribution in [1.82, 2.24) is 0 Å². The minimum atomic E-state index is -1.93. The first kappa shape index (κ1) is 19.8. The number of anilines is 1. The van der Waals surface area contributed by atoms with Crippen LogP contribution in [0.15, 0.2) is 54.6 Å². The molecule has 1 N–H and O–H groups in total. The third-order valence-electron chi connectivity index (χ3n) is 5.19. The van der Waals surface area contributed by atoms with Gasteiger partial charge in [-0.25, -0.2) is 0 Å². The zero-order valence-electron chi connectivity index (χ0n) is 16.1. The summed E-state index contributed by atoms with van der Waals surface area (Å²) in [5.74, 6) is -0.765. The molecule has 1 aliphatic heterocycles. The van der Waals surface area contributed by atoms with Crippen LogP contribution in [0.1, 0.15) is 37.7 Å². The number of hydrogen-bond acceptors (Lipinski definition) is 4. The van der Waals surface area contributed by atoms with E-state index >= 15 is 0 Å². The van der Waals surface area contributed by atoms with Gasteiger partial charge in [0.25, 0.3) is 5.91 Å². The first-order valence-electron chi connectivity index (χ1n) is 9.27. The third kappa shape index (κ3) is 3.62. The Morgan fingerprint density at radius 3 is 2.48 bits per heavy atom. The van der Waals surface area contributed by atoms with Crippen molar-refractivity contribution in [2.24, 2.45) is 0 Å². The number of hydrogen-bond donors (Lipinski definition) is 1. The molecule has 4 rings (SSSR count). The molecule has 0 spiro atoms. The van der Waals surface area contributed by atoms with E-state index in [-0.39, 0.29) is 12.2 Å². The van der Waals surface area contributed by atoms with Gasteiger partial charge in [-0.3, -0.25) is 9.59 Å². The van der Waals surface area contributed by atoms with Crippen LogP contribution >= 0.6 is 22.9 Å². The van der Waals surface area contributed by atoms with Crippen molar-refractivity contribution in [2.75, 3.05) is 4.90 Å². The van der Waals surface area contributed by atoms with Gasteiger partial charge in [0.15, 0.2) is 11.4 Å². The van der Waals surface area contributed by atoms with Crippen LogP contribution in [0.4, 0.5) is 5.69 Å². The molecule has 0 bridgehead atoms. The lowest BCUT2D eigenvalue weighted by molar-refractivity contribution is -0.136. The molecule has 0 fully saturated rings. The molecular formula is C23H20ClNO3S. The Hall–Kier alpha value is -2.47. The Kier molecular flexibility index (Phi) is 5.07. The quantitative estimate of drug-likeness (QED) is 0.583. The van der Waals surface area contributed by atoms with Crippen molar-refractivity contribution in [2.45, 2.75) is 32.4 Å². The molecule has 1 atom stereocenters. The Balaban J connectivity index is 1.71. The number of carbonyl (C=O) groups excluding carboxylic acids is 2. The molecule has 1 unspecified atom stereocenters. The number of halogens is 1. The van der Waals surface area contributed by atoms with E-state index in [4.69, 9.17) is 11.6 Å². The van der Waals surface area contributed by atoms with Crippen molar-refractivity contribution < 1.29 is 14.7 Å². The van der Waals surface area contributed by atoms with Crippen molar-refractivity contribution in [3.8, 4) is 0 Å². The topological polar surface area (TPSA) is 57.6 Å². The molecule has 2 heterocycles. The van der Waals surface area contributed by atoms with E-state index in [1.165, 1.54) is 16.2 Å². The first-order valence-corrected chi connectivity index (χ1v) is 10.5. The van der Waals surface area contributed by atoms with Crippen LogP contribution in [0, 0.1) is 13.8 Å². The summed E-state index contributed by atoms with van der Waals surface area (Å²) >= 11 is 7.51. The second-order valence-corrected chi connectivity index (χ2v) is 9.13. The number of fused-ring (bicyclic) bond motifs is 1. The van der Waals surface area contributed by atoms with Crippen LogP contribution in [0.2, 0.25) is 5.02 Å². The largest absolute Gasteiger partial charge is 0.375 e. The molecule has 29 heavy (non-hydrogen) atoms. The normalized spacial score (nSPS) is 18.2. The first-order chi connectivity index (χ1) is 13.8. The molecule has 0 aliphatic carbocycles. The molecule has 1 aromatic heterocycles. The molecule has 2 aromatic carbocycles. The maximum atomic E-state index is 13.3. The lowest BCUT2D eigenvalue weighted by Crippen LogP contribution is -2.41. The molecule has 148 valence electrons. The van der Waals surface area contributed by atoms with Gasteiger partial charge in [-0.1, -0.05) is 41.4 Å². The molecule has 0 saturated heterocycles. The van der Waals surface area contributed by atoms with Crippen molar-refractivity contribution in [3.63, 3.8) is 0 Å². The van der Waals surface area contributed by atoms with E-state index < -0.39 is 11.5 Å². The fraction of sp³-hybridized carbons (Fsp3) is 0.217. The summed E-state index contributed by atoms with van der Waals surface area (Å²) in [7, 11) is 0. The van der Waals surface area contributed by atoms with Crippen LogP contribution in [0.25, 0.3) is 0 Å². The monoisotopic (exact) mass is 425 g/mol. The SMILES string of the molecule is Cc1ccc(CN2C(=O)C(O)(CC(=O)c3ccc(C)s3)c3cc(Cl)ccc32)cc1. The Bertz CT molecular complexity index is 1110. The van der Waals surface area contributed by atoms with Crippen molar-refractivity contribution in [3.05, 3.63) is 86.1 Å². The summed E-state index contributed by atoms with van der Waals surface area (Å²) < 4.78 is 0. The predicted octanol–water partition coefficient (Wildman–Crippen LogP) is 5.03. The minimum Gasteiger partial charge on any atom is -0.375 e. The van der Waals surface area contributed by atoms with Gasteiger partial charge in [0.1, 0.15) is 0 Å². The molecule has 1 amide bonds. The molecule has 6 heteroatoms. The highest BCUT2D eigenvalue weighted by Gasteiger charge is 2.51. The number of aryl methyl sites for hydroxylation is 2. The average molecular weight is 426 g/mol. The third-order valence-corrected chi connectivity index (χ3v) is 6.46. The van der Waals surface area contributed by atoms with Gasteiger partial charge in [0.2, 0.25) is 0 Å². The highest BCUT2D eigenvalue weighted by Crippen LogP contribution is 2.45. The summed E-state index contributed by atoms with van der Waals surface area (Å²) in [6, 6.07) is 16.4. The molecule has 4 nitrogen and oxygen atoms in total. The lowest BCUT2D eigenvalue weighted by atomic mass is 9.89. The summed E-state index contributed by atoms with van der Waals surface area (Å²) in [6.07, 6.45) is -0.316. The van der Waals surface area contributed by atoms with Gasteiger partial charge >= 0.3 is 0 Å². The van der Waals surface area contributed by atoms with E-state index in [1.54, 1.807) is 24.3 Å². The van der Waals surface area contributed by atoms with Gasteiger partial charge in [0.05, 0.1) is 23.5 Å². The van der Waals surface area contributed by atoms with E-state index in [2.05, 4.69) is 0 Å². The second-order valence-electron chi connectivity index (χ2n) is 7.41. The smallest absolute Gasteiger partial charge is 0.264 e. The Labute approximate surface area is 178 Å². The number of aliphatic hydroxyl groups is 1. The number of nitrogens with zero attached hydrogens (tertiary/aromatic N) is 1. The lowest BCUT2D eigenvalue weighted by Gasteiger charge is -2.22. The molecule has 3 aromatic rings. The van der Waals surface area contributed by atoms with E-state index in [1.807, 2.05) is 44.2 Å². The van der Waals surface area contributed by atoms with Crippen molar-refractivity contribution in [1.29, 1.82) is 0 Å².